The molecule has 2 aromatic carbocycles. The van der Waals surface area contributed by atoms with Gasteiger partial charge in [0.05, 0.1) is 0 Å². The fourth-order valence-corrected chi connectivity index (χ4v) is 3.35. The normalized spacial score (nSPS) is 17.0. The van der Waals surface area contributed by atoms with Crippen LogP contribution in [0.5, 0.6) is 5.75 Å². The van der Waals surface area contributed by atoms with Crippen LogP contribution in [0.4, 0.5) is 5.69 Å². The lowest BCUT2D eigenvalue weighted by molar-refractivity contribution is 0.0787. The van der Waals surface area contributed by atoms with Crippen LogP contribution in [0.2, 0.25) is 0 Å². The molecule has 1 saturated heterocycles. The van der Waals surface area contributed by atoms with Gasteiger partial charge < -0.3 is 14.9 Å². The number of likely N-dealkylation sites (tertiary alicyclic amines) is 1. The molecule has 1 fully saturated rings. The number of nitrogens with zero attached hydrogens (tertiary/aromatic N) is 2. The summed E-state index contributed by atoms with van der Waals surface area (Å²) in [5.41, 5.74) is 1.80. The van der Waals surface area contributed by atoms with Crippen molar-refractivity contribution in [3.63, 3.8) is 0 Å². The summed E-state index contributed by atoms with van der Waals surface area (Å²) in [4.78, 5) is 16.8. The minimum atomic E-state index is 0.124. The van der Waals surface area contributed by atoms with Crippen LogP contribution >= 0.6 is 0 Å². The quantitative estimate of drug-likeness (QED) is 0.917. The van der Waals surface area contributed by atoms with Crippen molar-refractivity contribution in [3.8, 4) is 5.75 Å². The van der Waals surface area contributed by atoms with E-state index >= 15 is 0 Å². The zero-order valence-corrected chi connectivity index (χ0v) is 14.1. The van der Waals surface area contributed by atoms with Gasteiger partial charge in [0.15, 0.2) is 0 Å². The van der Waals surface area contributed by atoms with Crippen LogP contribution in [0.25, 0.3) is 0 Å². The molecule has 0 aromatic heterocycles. The first kappa shape index (κ1) is 16.4. The molecule has 3 rings (SSSR count). The largest absolute Gasteiger partial charge is 0.508 e. The van der Waals surface area contributed by atoms with Gasteiger partial charge >= 0.3 is 0 Å². The molecule has 1 amide bonds. The molecule has 24 heavy (non-hydrogen) atoms. The summed E-state index contributed by atoms with van der Waals surface area (Å²) in [6, 6.07) is 16.9. The zero-order chi connectivity index (χ0) is 16.9. The number of phenols is 1. The molecule has 4 heteroatoms. The van der Waals surface area contributed by atoms with Crippen molar-refractivity contribution in [2.75, 3.05) is 31.1 Å². The molecular formula is C20H24N2O2. The van der Waals surface area contributed by atoms with E-state index in [1.165, 1.54) is 0 Å². The highest BCUT2D eigenvalue weighted by molar-refractivity contribution is 5.94. The maximum absolute atomic E-state index is 12.5. The molecule has 126 valence electrons. The molecule has 4 nitrogen and oxygen atoms in total. The molecule has 0 spiro atoms. The molecule has 1 atom stereocenters. The smallest absolute Gasteiger partial charge is 0.253 e. The van der Waals surface area contributed by atoms with Crippen LogP contribution in [0, 0.1) is 5.92 Å². The van der Waals surface area contributed by atoms with Crippen molar-refractivity contribution in [3.05, 3.63) is 60.2 Å². The van der Waals surface area contributed by atoms with Crippen molar-refractivity contribution in [2.45, 2.75) is 13.3 Å². The number of hydrogen-bond donors (Lipinski definition) is 1. The summed E-state index contributed by atoms with van der Waals surface area (Å²) in [6.07, 6.45) is 1.02. The molecule has 1 aliphatic heterocycles. The minimum Gasteiger partial charge on any atom is -0.508 e. The number of amides is 1. The van der Waals surface area contributed by atoms with Gasteiger partial charge in [0.1, 0.15) is 5.75 Å². The number of benzene rings is 2. The monoisotopic (exact) mass is 324 g/mol. The molecule has 1 N–H and O–H groups in total. The summed E-state index contributed by atoms with van der Waals surface area (Å²) in [7, 11) is 0. The van der Waals surface area contributed by atoms with Gasteiger partial charge in [0.25, 0.3) is 5.91 Å². The SMILES string of the molecule is CCN(C[C@@H]1CCN(C(=O)c2ccccc2)C1)c1cccc(O)c1. The van der Waals surface area contributed by atoms with Crippen molar-refractivity contribution < 1.29 is 9.90 Å². The fraction of sp³-hybridized carbons (Fsp3) is 0.350. The molecule has 0 bridgehead atoms. The van der Waals surface area contributed by atoms with Crippen LogP contribution in [0.1, 0.15) is 23.7 Å². The molecule has 2 aromatic rings. The van der Waals surface area contributed by atoms with E-state index in [1.54, 1.807) is 12.1 Å². The van der Waals surface area contributed by atoms with E-state index in [9.17, 15) is 9.90 Å². The summed E-state index contributed by atoms with van der Waals surface area (Å²) >= 11 is 0. The van der Waals surface area contributed by atoms with E-state index in [0.29, 0.717) is 11.7 Å². The Morgan fingerprint density at radius 2 is 2.00 bits per heavy atom. The zero-order valence-electron chi connectivity index (χ0n) is 14.1. The number of carbonyl (C=O) groups excluding carboxylic acids is 1. The van der Waals surface area contributed by atoms with Gasteiger partial charge in [-0.1, -0.05) is 24.3 Å². The number of anilines is 1. The van der Waals surface area contributed by atoms with Crippen molar-refractivity contribution in [1.29, 1.82) is 0 Å². The third-order valence-corrected chi connectivity index (χ3v) is 4.65. The van der Waals surface area contributed by atoms with Gasteiger partial charge in [0.2, 0.25) is 0 Å². The number of aromatic hydroxyl groups is 1. The topological polar surface area (TPSA) is 43.8 Å². The highest BCUT2D eigenvalue weighted by atomic mass is 16.3. The van der Waals surface area contributed by atoms with Gasteiger partial charge in [-0.3, -0.25) is 4.79 Å². The van der Waals surface area contributed by atoms with E-state index in [0.717, 1.165) is 43.9 Å². The number of rotatable bonds is 5. The Morgan fingerprint density at radius 1 is 1.21 bits per heavy atom. The highest BCUT2D eigenvalue weighted by Crippen LogP contribution is 2.24. The Labute approximate surface area is 143 Å². The Bertz CT molecular complexity index is 687. The average Bonchev–Trinajstić information content (AvgIpc) is 3.08. The van der Waals surface area contributed by atoms with E-state index < -0.39 is 0 Å². The van der Waals surface area contributed by atoms with Crippen LogP contribution in [-0.2, 0) is 0 Å². The number of phenolic OH excluding ortho intramolecular Hbond substituents is 1. The fourth-order valence-electron chi connectivity index (χ4n) is 3.35. The lowest BCUT2D eigenvalue weighted by Crippen LogP contribution is -2.33. The minimum absolute atomic E-state index is 0.124. The van der Waals surface area contributed by atoms with Crippen LogP contribution in [0.15, 0.2) is 54.6 Å². The molecule has 1 heterocycles. The third kappa shape index (κ3) is 3.70. The lowest BCUT2D eigenvalue weighted by atomic mass is 10.1. The van der Waals surface area contributed by atoms with Gasteiger partial charge in [-0.25, -0.2) is 0 Å². The first-order valence-electron chi connectivity index (χ1n) is 8.55. The Balaban J connectivity index is 1.62. The van der Waals surface area contributed by atoms with E-state index in [-0.39, 0.29) is 5.91 Å². The van der Waals surface area contributed by atoms with Gasteiger partial charge in [-0.2, -0.15) is 0 Å². The highest BCUT2D eigenvalue weighted by Gasteiger charge is 2.28. The Hall–Kier alpha value is -2.49. The number of hydrogen-bond acceptors (Lipinski definition) is 3. The average molecular weight is 324 g/mol. The van der Waals surface area contributed by atoms with Crippen LogP contribution < -0.4 is 4.90 Å². The first-order valence-corrected chi connectivity index (χ1v) is 8.55. The van der Waals surface area contributed by atoms with E-state index in [4.69, 9.17) is 0 Å². The number of carbonyl (C=O) groups is 1. The Morgan fingerprint density at radius 3 is 2.71 bits per heavy atom. The Kier molecular flexibility index (Phi) is 5.04. The van der Waals surface area contributed by atoms with Gasteiger partial charge in [-0.05, 0) is 43.5 Å². The summed E-state index contributed by atoms with van der Waals surface area (Å²) in [5.74, 6) is 0.872. The summed E-state index contributed by atoms with van der Waals surface area (Å²) < 4.78 is 0. The molecule has 0 radical (unpaired) electrons. The molecule has 0 unspecified atom stereocenters. The second kappa shape index (κ2) is 7.39. The molecule has 0 aliphatic carbocycles. The molecule has 0 saturated carbocycles. The summed E-state index contributed by atoms with van der Waals surface area (Å²) in [6.45, 7) is 5.51. The van der Waals surface area contributed by atoms with Gasteiger partial charge in [0, 0.05) is 43.5 Å². The lowest BCUT2D eigenvalue weighted by Gasteiger charge is -2.26. The van der Waals surface area contributed by atoms with Crippen LogP contribution in [-0.4, -0.2) is 42.1 Å². The van der Waals surface area contributed by atoms with E-state index in [2.05, 4.69) is 11.8 Å². The second-order valence-corrected chi connectivity index (χ2v) is 6.33. The first-order chi connectivity index (χ1) is 11.7. The van der Waals surface area contributed by atoms with Crippen molar-refractivity contribution >= 4 is 11.6 Å². The standard InChI is InChI=1S/C20H24N2O2/c1-2-21(18-9-6-10-19(23)13-18)14-16-11-12-22(15-16)20(24)17-7-4-3-5-8-17/h3-10,13,16,23H,2,11-12,14-15H2,1H3/t16-/m0/s1. The second-order valence-electron chi connectivity index (χ2n) is 6.33. The van der Waals surface area contributed by atoms with Crippen LogP contribution in [0.3, 0.4) is 0 Å². The van der Waals surface area contributed by atoms with Crippen molar-refractivity contribution in [2.24, 2.45) is 5.92 Å². The molecule has 1 aliphatic rings. The predicted molar refractivity (Wildman–Crippen MR) is 96.4 cm³/mol. The predicted octanol–water partition coefficient (Wildman–Crippen LogP) is 3.38. The molecular weight excluding hydrogens is 300 g/mol. The van der Waals surface area contributed by atoms with Gasteiger partial charge in [-0.15, -0.1) is 0 Å². The van der Waals surface area contributed by atoms with Crippen molar-refractivity contribution in [1.82, 2.24) is 4.90 Å². The van der Waals surface area contributed by atoms with E-state index in [1.807, 2.05) is 47.4 Å². The summed E-state index contributed by atoms with van der Waals surface area (Å²) in [5, 5.41) is 9.68. The maximum atomic E-state index is 12.5. The third-order valence-electron chi connectivity index (χ3n) is 4.65. The maximum Gasteiger partial charge on any atom is 0.253 e.